The normalized spacial score (nSPS) is 31.5. The largest absolute Gasteiger partial charge is 0.358 e. The Kier molecular flexibility index (Phi) is 3.99. The molecule has 0 amide bonds. The van der Waals surface area contributed by atoms with E-state index in [2.05, 4.69) is 38.1 Å². The van der Waals surface area contributed by atoms with Gasteiger partial charge in [0, 0.05) is 17.2 Å². The van der Waals surface area contributed by atoms with Crippen molar-refractivity contribution in [3.63, 3.8) is 0 Å². The van der Waals surface area contributed by atoms with Crippen LogP contribution in [0.25, 0.3) is 0 Å². The van der Waals surface area contributed by atoms with E-state index in [-0.39, 0.29) is 5.60 Å². The van der Waals surface area contributed by atoms with Crippen molar-refractivity contribution < 1.29 is 9.84 Å². The number of ether oxygens (including phenoxy) is 1. The molecule has 3 heteroatoms. The molecule has 0 radical (unpaired) electrons. The van der Waals surface area contributed by atoms with Gasteiger partial charge in [-0.15, -0.1) is 0 Å². The molecule has 1 N–H and O–H groups in total. The van der Waals surface area contributed by atoms with Crippen LogP contribution >= 0.6 is 0 Å². The molecule has 132 valence electrons. The molecule has 0 aromatic heterocycles. The smallest absolute Gasteiger partial charge is 0.221 e. The quantitative estimate of drug-likeness (QED) is 0.901. The van der Waals surface area contributed by atoms with E-state index < -0.39 is 5.79 Å². The monoisotopic (exact) mass is 337 g/mol. The third-order valence-corrected chi connectivity index (χ3v) is 6.06. The number of aryl methyl sites for hydroxylation is 1. The van der Waals surface area contributed by atoms with E-state index in [1.54, 1.807) is 0 Å². The van der Waals surface area contributed by atoms with E-state index in [4.69, 9.17) is 4.74 Å². The molecule has 0 bridgehead atoms. The van der Waals surface area contributed by atoms with Gasteiger partial charge in [-0.3, -0.25) is 0 Å². The highest BCUT2D eigenvalue weighted by molar-refractivity contribution is 5.46. The lowest BCUT2D eigenvalue weighted by atomic mass is 9.77. The highest BCUT2D eigenvalue weighted by Gasteiger charge is 2.54. The molecule has 0 saturated heterocycles. The Hall–Kier alpha value is -1.68. The predicted molar refractivity (Wildman–Crippen MR) is 99.3 cm³/mol. The Morgan fingerprint density at radius 3 is 2.16 bits per heavy atom. The topological polar surface area (TPSA) is 32.7 Å². The van der Waals surface area contributed by atoms with Gasteiger partial charge in [-0.1, -0.05) is 54.1 Å². The van der Waals surface area contributed by atoms with Crippen LogP contribution < -0.4 is 0 Å². The number of hydrogen-bond acceptors (Lipinski definition) is 3. The maximum Gasteiger partial charge on any atom is 0.221 e. The van der Waals surface area contributed by atoms with Crippen molar-refractivity contribution in [2.75, 3.05) is 14.1 Å². The van der Waals surface area contributed by atoms with Crippen LogP contribution in [0, 0.1) is 6.92 Å². The zero-order chi connectivity index (χ0) is 17.7. The third-order valence-electron chi connectivity index (χ3n) is 6.06. The molecule has 1 aliphatic heterocycles. The van der Waals surface area contributed by atoms with Crippen molar-refractivity contribution in [1.82, 2.24) is 4.90 Å². The summed E-state index contributed by atoms with van der Waals surface area (Å²) in [6.07, 6.45) is 4.07. The van der Waals surface area contributed by atoms with Gasteiger partial charge in [0.1, 0.15) is 0 Å². The molecule has 1 aliphatic carbocycles. The van der Waals surface area contributed by atoms with E-state index in [1.165, 1.54) is 5.56 Å². The summed E-state index contributed by atoms with van der Waals surface area (Å²) in [5, 5.41) is 11.6. The molecule has 1 saturated carbocycles. The number of fused-ring (bicyclic) bond motifs is 2. The number of benzene rings is 2. The van der Waals surface area contributed by atoms with Gasteiger partial charge >= 0.3 is 0 Å². The van der Waals surface area contributed by atoms with Gasteiger partial charge in [-0.2, -0.15) is 0 Å². The van der Waals surface area contributed by atoms with Gasteiger partial charge in [0.25, 0.3) is 0 Å². The molecule has 1 spiro atoms. The molecule has 4 rings (SSSR count). The van der Waals surface area contributed by atoms with Crippen molar-refractivity contribution in [2.24, 2.45) is 0 Å². The summed E-state index contributed by atoms with van der Waals surface area (Å²) < 4.78 is 6.54. The van der Waals surface area contributed by atoms with Crippen LogP contribution in [-0.4, -0.2) is 30.1 Å². The third kappa shape index (κ3) is 2.62. The fraction of sp³-hybridized carbons (Fsp3) is 0.455. The molecule has 1 atom stereocenters. The Labute approximate surface area is 150 Å². The number of rotatable bonds is 2. The first-order valence-electron chi connectivity index (χ1n) is 9.21. The molecule has 2 aliphatic rings. The van der Waals surface area contributed by atoms with Crippen LogP contribution in [0.3, 0.4) is 0 Å². The summed E-state index contributed by atoms with van der Waals surface area (Å²) in [4.78, 5) is 2.31. The van der Waals surface area contributed by atoms with Gasteiger partial charge in [-0.25, -0.2) is 0 Å². The highest BCUT2D eigenvalue weighted by Crippen LogP contribution is 2.55. The molecule has 1 unspecified atom stereocenters. The SMILES string of the molecule is Cc1ccc(C2(O)OC3(CCC(N(C)C)CC3)c3ccccc32)cc1. The van der Waals surface area contributed by atoms with Crippen LogP contribution in [0.1, 0.15) is 47.9 Å². The van der Waals surface area contributed by atoms with E-state index in [9.17, 15) is 5.11 Å². The van der Waals surface area contributed by atoms with Crippen molar-refractivity contribution in [1.29, 1.82) is 0 Å². The zero-order valence-electron chi connectivity index (χ0n) is 15.3. The van der Waals surface area contributed by atoms with Crippen molar-refractivity contribution in [2.45, 2.75) is 50.0 Å². The molecular formula is C22H27NO2. The fourth-order valence-electron chi connectivity index (χ4n) is 4.52. The molecular weight excluding hydrogens is 310 g/mol. The Balaban J connectivity index is 1.75. The first-order valence-corrected chi connectivity index (χ1v) is 9.21. The number of nitrogens with zero attached hydrogens (tertiary/aromatic N) is 1. The standard InChI is InChI=1S/C22H27NO2/c1-16-8-10-17(11-9-16)22(24)20-7-5-4-6-19(20)21(25-22)14-12-18(13-15-21)23(2)3/h4-11,18,24H,12-15H2,1-3H3. The second-order valence-corrected chi connectivity index (χ2v) is 7.85. The molecule has 3 nitrogen and oxygen atoms in total. The predicted octanol–water partition coefficient (Wildman–Crippen LogP) is 3.92. The summed E-state index contributed by atoms with van der Waals surface area (Å²) in [6.45, 7) is 2.06. The van der Waals surface area contributed by atoms with Crippen LogP contribution in [-0.2, 0) is 16.1 Å². The number of hydrogen-bond donors (Lipinski definition) is 1. The van der Waals surface area contributed by atoms with Gasteiger partial charge < -0.3 is 14.7 Å². The summed E-state index contributed by atoms with van der Waals surface area (Å²) >= 11 is 0. The minimum absolute atomic E-state index is 0.372. The van der Waals surface area contributed by atoms with Crippen LogP contribution in [0.5, 0.6) is 0 Å². The van der Waals surface area contributed by atoms with Crippen molar-refractivity contribution in [3.8, 4) is 0 Å². The van der Waals surface area contributed by atoms with E-state index in [0.29, 0.717) is 6.04 Å². The Morgan fingerprint density at radius 1 is 0.960 bits per heavy atom. The van der Waals surface area contributed by atoms with Gasteiger partial charge in [0.05, 0.1) is 5.60 Å². The average Bonchev–Trinajstić information content (AvgIpc) is 2.86. The van der Waals surface area contributed by atoms with Gasteiger partial charge in [-0.05, 0) is 52.3 Å². The van der Waals surface area contributed by atoms with E-state index in [0.717, 1.165) is 42.4 Å². The Morgan fingerprint density at radius 2 is 1.56 bits per heavy atom. The molecule has 1 heterocycles. The lowest BCUT2D eigenvalue weighted by Gasteiger charge is -2.40. The first-order chi connectivity index (χ1) is 11.9. The summed E-state index contributed by atoms with van der Waals surface area (Å²) in [5.41, 5.74) is 3.69. The van der Waals surface area contributed by atoms with Gasteiger partial charge in [0.2, 0.25) is 5.79 Å². The molecule has 25 heavy (non-hydrogen) atoms. The zero-order valence-corrected chi connectivity index (χ0v) is 15.3. The van der Waals surface area contributed by atoms with Crippen LogP contribution in [0.2, 0.25) is 0 Å². The van der Waals surface area contributed by atoms with E-state index in [1.807, 2.05) is 36.4 Å². The lowest BCUT2D eigenvalue weighted by molar-refractivity contribution is -0.243. The maximum atomic E-state index is 11.6. The number of aliphatic hydroxyl groups is 1. The average molecular weight is 337 g/mol. The van der Waals surface area contributed by atoms with Crippen LogP contribution in [0.4, 0.5) is 0 Å². The van der Waals surface area contributed by atoms with Crippen molar-refractivity contribution >= 4 is 0 Å². The molecule has 1 fully saturated rings. The highest BCUT2D eigenvalue weighted by atomic mass is 16.6. The second kappa shape index (κ2) is 5.94. The Bertz CT molecular complexity index is 760. The summed E-state index contributed by atoms with van der Waals surface area (Å²) in [6, 6.07) is 16.8. The maximum absolute atomic E-state index is 11.6. The minimum Gasteiger partial charge on any atom is -0.358 e. The van der Waals surface area contributed by atoms with Gasteiger partial charge in [0.15, 0.2) is 0 Å². The summed E-state index contributed by atoms with van der Waals surface area (Å²) in [7, 11) is 4.30. The minimum atomic E-state index is -1.35. The fourth-order valence-corrected chi connectivity index (χ4v) is 4.52. The van der Waals surface area contributed by atoms with Crippen LogP contribution in [0.15, 0.2) is 48.5 Å². The molecule has 2 aromatic rings. The first kappa shape index (κ1) is 16.8. The van der Waals surface area contributed by atoms with Crippen molar-refractivity contribution in [3.05, 3.63) is 70.8 Å². The second-order valence-electron chi connectivity index (χ2n) is 7.85. The lowest BCUT2D eigenvalue weighted by Crippen LogP contribution is -2.41. The summed E-state index contributed by atoms with van der Waals surface area (Å²) in [5.74, 6) is -1.35. The molecule has 2 aromatic carbocycles. The van der Waals surface area contributed by atoms with E-state index >= 15 is 0 Å².